The first-order valence-corrected chi connectivity index (χ1v) is 5.77. The minimum Gasteiger partial charge on any atom is -0.281 e. The fourth-order valence-corrected chi connectivity index (χ4v) is 2.26. The van der Waals surface area contributed by atoms with Crippen LogP contribution in [0, 0.1) is 6.92 Å². The lowest BCUT2D eigenvalue weighted by molar-refractivity contribution is 0.861. The van der Waals surface area contributed by atoms with Gasteiger partial charge in [0, 0.05) is 16.3 Å². The highest BCUT2D eigenvalue weighted by Gasteiger charge is 2.18. The highest BCUT2D eigenvalue weighted by atomic mass is 35.5. The van der Waals surface area contributed by atoms with E-state index in [9.17, 15) is 0 Å². The van der Waals surface area contributed by atoms with Gasteiger partial charge in [0.05, 0.1) is 12.2 Å². The summed E-state index contributed by atoms with van der Waals surface area (Å²) in [5.74, 6) is 1.73. The fourth-order valence-electron chi connectivity index (χ4n) is 2.09. The molecule has 0 radical (unpaired) electrons. The first-order valence-electron chi connectivity index (χ1n) is 5.39. The molecular weight excluding hydrogens is 236 g/mol. The van der Waals surface area contributed by atoms with Crippen LogP contribution in [0.2, 0.25) is 5.02 Å². The number of benzene rings is 1. The number of halogens is 1. The van der Waals surface area contributed by atoms with Crippen LogP contribution in [0.15, 0.2) is 23.2 Å². The summed E-state index contributed by atoms with van der Waals surface area (Å²) in [7, 11) is 0. The average molecular weight is 247 g/mol. The summed E-state index contributed by atoms with van der Waals surface area (Å²) in [6, 6.07) is 5.80. The van der Waals surface area contributed by atoms with E-state index in [0.717, 1.165) is 28.6 Å². The van der Waals surface area contributed by atoms with E-state index in [2.05, 4.69) is 15.2 Å². The molecular formula is C12H11ClN4. The van der Waals surface area contributed by atoms with Gasteiger partial charge in [-0.15, -0.1) is 10.2 Å². The normalized spacial score (nSPS) is 13.7. The van der Waals surface area contributed by atoms with E-state index in [1.807, 2.05) is 36.6 Å². The van der Waals surface area contributed by atoms with Crippen molar-refractivity contribution < 1.29 is 0 Å². The van der Waals surface area contributed by atoms with Crippen molar-refractivity contribution in [3.8, 4) is 5.69 Å². The zero-order valence-electron chi connectivity index (χ0n) is 9.61. The fraction of sp³-hybridized carbons (Fsp3) is 0.250. The van der Waals surface area contributed by atoms with Crippen molar-refractivity contribution in [2.45, 2.75) is 20.4 Å². The number of rotatable bonds is 0. The Morgan fingerprint density at radius 1 is 1.24 bits per heavy atom. The molecule has 2 aromatic rings. The maximum atomic E-state index is 6.04. The van der Waals surface area contributed by atoms with E-state index in [1.54, 1.807) is 0 Å². The van der Waals surface area contributed by atoms with Gasteiger partial charge >= 0.3 is 0 Å². The molecule has 4 nitrogen and oxygen atoms in total. The molecule has 0 bridgehead atoms. The molecule has 0 atom stereocenters. The number of fused-ring (bicyclic) bond motifs is 3. The molecule has 0 spiro atoms. The van der Waals surface area contributed by atoms with Crippen LogP contribution in [0.3, 0.4) is 0 Å². The molecule has 1 aromatic carbocycles. The maximum Gasteiger partial charge on any atom is 0.159 e. The summed E-state index contributed by atoms with van der Waals surface area (Å²) in [5, 5.41) is 8.96. The smallest absolute Gasteiger partial charge is 0.159 e. The highest BCUT2D eigenvalue weighted by molar-refractivity contribution is 6.31. The number of hydrogen-bond donors (Lipinski definition) is 0. The topological polar surface area (TPSA) is 43.1 Å². The Morgan fingerprint density at radius 3 is 2.88 bits per heavy atom. The summed E-state index contributed by atoms with van der Waals surface area (Å²) >= 11 is 6.04. The predicted molar refractivity (Wildman–Crippen MR) is 67.0 cm³/mol. The largest absolute Gasteiger partial charge is 0.281 e. The molecule has 0 fully saturated rings. The average Bonchev–Trinajstić information content (AvgIpc) is 2.61. The van der Waals surface area contributed by atoms with Crippen LogP contribution in [-0.2, 0) is 6.54 Å². The molecule has 0 saturated carbocycles. The minimum atomic E-state index is 0.555. The molecule has 2 heterocycles. The van der Waals surface area contributed by atoms with Gasteiger partial charge in [-0.25, -0.2) is 0 Å². The van der Waals surface area contributed by atoms with Gasteiger partial charge in [0.25, 0.3) is 0 Å². The quantitative estimate of drug-likeness (QED) is 0.717. The summed E-state index contributed by atoms with van der Waals surface area (Å²) in [4.78, 5) is 4.50. The van der Waals surface area contributed by atoms with E-state index < -0.39 is 0 Å². The third kappa shape index (κ3) is 1.56. The number of aryl methyl sites for hydroxylation is 1. The van der Waals surface area contributed by atoms with E-state index in [1.165, 1.54) is 0 Å². The lowest BCUT2D eigenvalue weighted by Crippen LogP contribution is -2.05. The van der Waals surface area contributed by atoms with Crippen LogP contribution in [-0.4, -0.2) is 20.5 Å². The van der Waals surface area contributed by atoms with Gasteiger partial charge in [0.15, 0.2) is 5.82 Å². The number of nitrogens with zero attached hydrogens (tertiary/aromatic N) is 4. The van der Waals surface area contributed by atoms with E-state index in [-0.39, 0.29) is 0 Å². The summed E-state index contributed by atoms with van der Waals surface area (Å²) in [6.45, 7) is 4.48. The van der Waals surface area contributed by atoms with Crippen molar-refractivity contribution in [1.82, 2.24) is 14.8 Å². The molecule has 3 rings (SSSR count). The molecule has 1 aliphatic heterocycles. The van der Waals surface area contributed by atoms with Crippen LogP contribution in [0.5, 0.6) is 0 Å². The molecule has 0 saturated heterocycles. The molecule has 0 aliphatic carbocycles. The first kappa shape index (κ1) is 10.5. The Labute approximate surface area is 104 Å². The van der Waals surface area contributed by atoms with Crippen molar-refractivity contribution in [3.63, 3.8) is 0 Å². The van der Waals surface area contributed by atoms with Gasteiger partial charge in [-0.05, 0) is 32.0 Å². The monoisotopic (exact) mass is 246 g/mol. The van der Waals surface area contributed by atoms with E-state index >= 15 is 0 Å². The van der Waals surface area contributed by atoms with Gasteiger partial charge in [-0.2, -0.15) is 0 Å². The van der Waals surface area contributed by atoms with Crippen molar-refractivity contribution in [2.24, 2.45) is 4.99 Å². The third-order valence-electron chi connectivity index (χ3n) is 2.94. The summed E-state index contributed by atoms with van der Waals surface area (Å²) < 4.78 is 2.03. The van der Waals surface area contributed by atoms with Crippen molar-refractivity contribution in [3.05, 3.63) is 40.4 Å². The first-order chi connectivity index (χ1) is 8.16. The van der Waals surface area contributed by atoms with E-state index in [4.69, 9.17) is 11.6 Å². The molecule has 5 heteroatoms. The lowest BCUT2D eigenvalue weighted by Gasteiger charge is -2.10. The molecule has 1 aliphatic rings. The molecule has 0 amide bonds. The summed E-state index contributed by atoms with van der Waals surface area (Å²) in [5.41, 5.74) is 3.07. The second-order valence-corrected chi connectivity index (χ2v) is 4.50. The standard InChI is InChI=1S/C12H11ClN4/c1-7-10-5-9(13)3-4-11(10)17-8(2)15-16-12(17)6-14-7/h3-5H,6H2,1-2H3. The van der Waals surface area contributed by atoms with Crippen molar-refractivity contribution in [2.75, 3.05) is 0 Å². The Bertz CT molecular complexity index is 627. The van der Waals surface area contributed by atoms with Gasteiger partial charge in [-0.1, -0.05) is 11.6 Å². The Morgan fingerprint density at radius 2 is 2.06 bits per heavy atom. The van der Waals surface area contributed by atoms with Gasteiger partial charge in [0.2, 0.25) is 0 Å². The Kier molecular flexibility index (Phi) is 2.26. The minimum absolute atomic E-state index is 0.555. The zero-order valence-corrected chi connectivity index (χ0v) is 10.4. The van der Waals surface area contributed by atoms with Crippen LogP contribution in [0.1, 0.15) is 24.1 Å². The van der Waals surface area contributed by atoms with Crippen molar-refractivity contribution in [1.29, 1.82) is 0 Å². The molecule has 0 N–H and O–H groups in total. The summed E-state index contributed by atoms with van der Waals surface area (Å²) in [6.07, 6.45) is 0. The predicted octanol–water partition coefficient (Wildman–Crippen LogP) is 2.55. The van der Waals surface area contributed by atoms with Crippen LogP contribution < -0.4 is 0 Å². The van der Waals surface area contributed by atoms with Crippen LogP contribution >= 0.6 is 11.6 Å². The Balaban J connectivity index is 2.36. The molecule has 17 heavy (non-hydrogen) atoms. The molecule has 1 aromatic heterocycles. The van der Waals surface area contributed by atoms with Gasteiger partial charge < -0.3 is 0 Å². The van der Waals surface area contributed by atoms with Gasteiger partial charge in [0.1, 0.15) is 5.82 Å². The van der Waals surface area contributed by atoms with Crippen molar-refractivity contribution >= 4 is 17.3 Å². The SMILES string of the molecule is CC1=NCc2nnc(C)n2-c2ccc(Cl)cc21. The van der Waals surface area contributed by atoms with E-state index in [0.29, 0.717) is 11.6 Å². The van der Waals surface area contributed by atoms with Gasteiger partial charge in [-0.3, -0.25) is 9.56 Å². The Hall–Kier alpha value is -1.68. The number of hydrogen-bond acceptors (Lipinski definition) is 3. The maximum absolute atomic E-state index is 6.04. The molecule has 0 unspecified atom stereocenters. The molecule has 86 valence electrons. The second kappa shape index (κ2) is 3.67. The zero-order chi connectivity index (χ0) is 12.0. The second-order valence-electron chi connectivity index (χ2n) is 4.06. The highest BCUT2D eigenvalue weighted by Crippen LogP contribution is 2.25. The number of aliphatic imine (C=N–C) groups is 1. The number of aromatic nitrogens is 3. The lowest BCUT2D eigenvalue weighted by atomic mass is 10.1. The third-order valence-corrected chi connectivity index (χ3v) is 3.17. The van der Waals surface area contributed by atoms with Crippen LogP contribution in [0.25, 0.3) is 5.69 Å². The van der Waals surface area contributed by atoms with Crippen LogP contribution in [0.4, 0.5) is 0 Å².